The van der Waals surface area contributed by atoms with E-state index in [1.54, 1.807) is 0 Å². The molecule has 60 valence electrons. The fourth-order valence-corrected chi connectivity index (χ4v) is 1.14. The molecule has 0 amide bonds. The second-order valence-electron chi connectivity index (χ2n) is 2.43. The van der Waals surface area contributed by atoms with Crippen molar-refractivity contribution in [1.29, 1.82) is 0 Å². The van der Waals surface area contributed by atoms with Gasteiger partial charge in [-0.1, -0.05) is 17.7 Å². The van der Waals surface area contributed by atoms with Gasteiger partial charge in [0.2, 0.25) is 0 Å². The van der Waals surface area contributed by atoms with Gasteiger partial charge in [-0.25, -0.2) is 4.98 Å². The Morgan fingerprint density at radius 2 is 2.27 bits per heavy atom. The van der Waals surface area contributed by atoms with Crippen LogP contribution in [0, 0.1) is 6.92 Å². The predicted molar refractivity (Wildman–Crippen MR) is 46.7 cm³/mol. The summed E-state index contributed by atoms with van der Waals surface area (Å²) < 4.78 is 0. The van der Waals surface area contributed by atoms with Crippen molar-refractivity contribution in [2.45, 2.75) is 13.5 Å². The fraction of sp³-hybridized carbons (Fsp3) is 0.375. The van der Waals surface area contributed by atoms with Crippen LogP contribution in [0.3, 0.4) is 0 Å². The first-order chi connectivity index (χ1) is 5.24. The molecule has 3 heteroatoms. The summed E-state index contributed by atoms with van der Waals surface area (Å²) in [5.74, 6) is 0. The van der Waals surface area contributed by atoms with E-state index in [0.717, 1.165) is 17.8 Å². The lowest BCUT2D eigenvalue weighted by molar-refractivity contribution is 0.812. The molecule has 1 heterocycles. The number of aryl methyl sites for hydroxylation is 1. The lowest BCUT2D eigenvalue weighted by atomic mass is 10.2. The molecule has 0 aliphatic carbocycles. The summed E-state index contributed by atoms with van der Waals surface area (Å²) in [6, 6.07) is 3.94. The molecule has 0 aromatic carbocycles. The Morgan fingerprint density at radius 1 is 1.55 bits per heavy atom. The van der Waals surface area contributed by atoms with Crippen LogP contribution in [0.1, 0.15) is 11.3 Å². The van der Waals surface area contributed by atoms with Crippen LogP contribution in [-0.4, -0.2) is 12.0 Å². The molecule has 0 aliphatic heterocycles. The summed E-state index contributed by atoms with van der Waals surface area (Å²) >= 11 is 5.86. The highest BCUT2D eigenvalue weighted by Crippen LogP contribution is 2.12. The number of pyridine rings is 1. The third kappa shape index (κ3) is 2.17. The predicted octanol–water partition coefficient (Wildman–Crippen LogP) is 1.76. The number of rotatable bonds is 2. The zero-order chi connectivity index (χ0) is 8.27. The van der Waals surface area contributed by atoms with Crippen molar-refractivity contribution in [1.82, 2.24) is 10.3 Å². The SMILES string of the molecule is CNCc1ccc(C)nc1Cl. The van der Waals surface area contributed by atoms with Crippen LogP contribution in [0.25, 0.3) is 0 Å². The summed E-state index contributed by atoms with van der Waals surface area (Å²) in [4.78, 5) is 4.12. The molecule has 1 aromatic heterocycles. The highest BCUT2D eigenvalue weighted by Gasteiger charge is 1.98. The molecule has 0 aliphatic rings. The molecule has 1 rings (SSSR count). The number of nitrogens with one attached hydrogen (secondary N) is 1. The van der Waals surface area contributed by atoms with Gasteiger partial charge in [0.25, 0.3) is 0 Å². The first-order valence-electron chi connectivity index (χ1n) is 3.50. The average Bonchev–Trinajstić information content (AvgIpc) is 1.95. The lowest BCUT2D eigenvalue weighted by Gasteiger charge is -2.02. The fourth-order valence-electron chi connectivity index (χ4n) is 0.876. The Bertz CT molecular complexity index is 248. The van der Waals surface area contributed by atoms with Gasteiger partial charge in [-0.05, 0) is 20.0 Å². The largest absolute Gasteiger partial charge is 0.316 e. The smallest absolute Gasteiger partial charge is 0.133 e. The maximum atomic E-state index is 5.86. The zero-order valence-corrected chi connectivity index (χ0v) is 7.44. The third-order valence-corrected chi connectivity index (χ3v) is 1.76. The Labute approximate surface area is 71.6 Å². The molecule has 2 nitrogen and oxygen atoms in total. The van der Waals surface area contributed by atoms with Crippen molar-refractivity contribution in [3.63, 3.8) is 0 Å². The van der Waals surface area contributed by atoms with E-state index in [0.29, 0.717) is 5.15 Å². The molecule has 1 N–H and O–H groups in total. The van der Waals surface area contributed by atoms with E-state index in [1.165, 1.54) is 0 Å². The van der Waals surface area contributed by atoms with E-state index in [2.05, 4.69) is 10.3 Å². The van der Waals surface area contributed by atoms with E-state index < -0.39 is 0 Å². The molecular weight excluding hydrogens is 160 g/mol. The molecule has 0 radical (unpaired) electrons. The zero-order valence-electron chi connectivity index (χ0n) is 6.69. The van der Waals surface area contributed by atoms with Crippen LogP contribution in [0.5, 0.6) is 0 Å². The number of nitrogens with zero attached hydrogens (tertiary/aromatic N) is 1. The lowest BCUT2D eigenvalue weighted by Crippen LogP contribution is -2.06. The Hall–Kier alpha value is -0.600. The number of halogens is 1. The van der Waals surface area contributed by atoms with E-state index in [1.807, 2.05) is 26.1 Å². The summed E-state index contributed by atoms with van der Waals surface area (Å²) in [6.07, 6.45) is 0. The minimum absolute atomic E-state index is 0.597. The highest BCUT2D eigenvalue weighted by atomic mass is 35.5. The van der Waals surface area contributed by atoms with Crippen LogP contribution in [0.2, 0.25) is 5.15 Å². The Morgan fingerprint density at radius 3 is 2.82 bits per heavy atom. The maximum Gasteiger partial charge on any atom is 0.133 e. The Balaban J connectivity index is 2.90. The van der Waals surface area contributed by atoms with Crippen molar-refractivity contribution >= 4 is 11.6 Å². The molecule has 0 spiro atoms. The third-order valence-electron chi connectivity index (χ3n) is 1.43. The summed E-state index contributed by atoms with van der Waals surface area (Å²) in [5.41, 5.74) is 2.00. The van der Waals surface area contributed by atoms with Crippen LogP contribution in [0.15, 0.2) is 12.1 Å². The van der Waals surface area contributed by atoms with Crippen LogP contribution in [-0.2, 0) is 6.54 Å². The number of hydrogen-bond acceptors (Lipinski definition) is 2. The van der Waals surface area contributed by atoms with Crippen molar-refractivity contribution in [2.24, 2.45) is 0 Å². The van der Waals surface area contributed by atoms with E-state index in [-0.39, 0.29) is 0 Å². The minimum atomic E-state index is 0.597. The number of aromatic nitrogens is 1. The van der Waals surface area contributed by atoms with Gasteiger partial charge < -0.3 is 5.32 Å². The molecule has 1 aromatic rings. The van der Waals surface area contributed by atoms with E-state index >= 15 is 0 Å². The normalized spacial score (nSPS) is 10.1. The Kier molecular flexibility index (Phi) is 2.85. The maximum absolute atomic E-state index is 5.86. The topological polar surface area (TPSA) is 24.9 Å². The minimum Gasteiger partial charge on any atom is -0.316 e. The standard InChI is InChI=1S/C8H11ClN2/c1-6-3-4-7(5-10-2)8(9)11-6/h3-4,10H,5H2,1-2H3. The van der Waals surface area contributed by atoms with Crippen LogP contribution >= 0.6 is 11.6 Å². The molecule has 11 heavy (non-hydrogen) atoms. The molecule has 0 fully saturated rings. The average molecular weight is 171 g/mol. The highest BCUT2D eigenvalue weighted by molar-refractivity contribution is 6.30. The van der Waals surface area contributed by atoms with Crippen molar-refractivity contribution in [2.75, 3.05) is 7.05 Å². The van der Waals surface area contributed by atoms with Gasteiger partial charge in [-0.3, -0.25) is 0 Å². The molecule has 0 bridgehead atoms. The number of hydrogen-bond donors (Lipinski definition) is 1. The first kappa shape index (κ1) is 8.50. The molecule has 0 saturated carbocycles. The van der Waals surface area contributed by atoms with Gasteiger partial charge in [-0.15, -0.1) is 0 Å². The van der Waals surface area contributed by atoms with Crippen molar-refractivity contribution < 1.29 is 0 Å². The van der Waals surface area contributed by atoms with Gasteiger partial charge in [-0.2, -0.15) is 0 Å². The molecule has 0 atom stereocenters. The van der Waals surface area contributed by atoms with Gasteiger partial charge in [0, 0.05) is 17.8 Å². The second-order valence-corrected chi connectivity index (χ2v) is 2.79. The second kappa shape index (κ2) is 3.69. The van der Waals surface area contributed by atoms with E-state index in [4.69, 9.17) is 11.6 Å². The monoisotopic (exact) mass is 170 g/mol. The van der Waals surface area contributed by atoms with Crippen molar-refractivity contribution in [3.8, 4) is 0 Å². The quantitative estimate of drug-likeness (QED) is 0.685. The summed E-state index contributed by atoms with van der Waals surface area (Å²) in [5, 5.41) is 3.62. The van der Waals surface area contributed by atoms with Gasteiger partial charge in [0.05, 0.1) is 0 Å². The molecular formula is C8H11ClN2. The van der Waals surface area contributed by atoms with E-state index in [9.17, 15) is 0 Å². The van der Waals surface area contributed by atoms with Crippen LogP contribution < -0.4 is 5.32 Å². The van der Waals surface area contributed by atoms with Gasteiger partial charge in [0.15, 0.2) is 0 Å². The summed E-state index contributed by atoms with van der Waals surface area (Å²) in [7, 11) is 1.89. The molecule has 0 saturated heterocycles. The first-order valence-corrected chi connectivity index (χ1v) is 3.88. The van der Waals surface area contributed by atoms with Crippen molar-refractivity contribution in [3.05, 3.63) is 28.5 Å². The molecule has 0 unspecified atom stereocenters. The van der Waals surface area contributed by atoms with Gasteiger partial charge in [0.1, 0.15) is 5.15 Å². The van der Waals surface area contributed by atoms with Gasteiger partial charge >= 0.3 is 0 Å². The summed E-state index contributed by atoms with van der Waals surface area (Å²) in [6.45, 7) is 2.70. The van der Waals surface area contributed by atoms with Crippen LogP contribution in [0.4, 0.5) is 0 Å².